The number of aromatic nitrogens is 4. The van der Waals surface area contributed by atoms with Gasteiger partial charge in [0, 0.05) is 5.39 Å². The fourth-order valence-corrected chi connectivity index (χ4v) is 5.33. The number of aromatic amines is 1. The van der Waals surface area contributed by atoms with Gasteiger partial charge in [0.1, 0.15) is 16.9 Å². The van der Waals surface area contributed by atoms with Crippen LogP contribution in [0, 0.1) is 0 Å². The first-order chi connectivity index (χ1) is 17.5. The van der Waals surface area contributed by atoms with Gasteiger partial charge in [0.2, 0.25) is 5.58 Å². The van der Waals surface area contributed by atoms with E-state index in [9.17, 15) is 9.59 Å². The van der Waals surface area contributed by atoms with Gasteiger partial charge in [-0.15, -0.1) is 0 Å². The largest absolute Gasteiger partial charge is 0.449 e. The van der Waals surface area contributed by atoms with Gasteiger partial charge in [-0.3, -0.25) is 14.2 Å². The Morgan fingerprint density at radius 3 is 2.47 bits per heavy atom. The number of H-pyrrole nitrogens is 1. The van der Waals surface area contributed by atoms with Crippen LogP contribution in [-0.2, 0) is 5.75 Å². The summed E-state index contributed by atoms with van der Waals surface area (Å²) >= 11 is 1.36. The smallest absolute Gasteiger partial charge is 0.294 e. The van der Waals surface area contributed by atoms with Crippen LogP contribution in [0.25, 0.3) is 38.7 Å². The van der Waals surface area contributed by atoms with E-state index in [0.717, 1.165) is 16.6 Å². The maximum Gasteiger partial charge on any atom is 0.294 e. The molecule has 0 atom stereocenters. The van der Waals surface area contributed by atoms with Gasteiger partial charge in [-0.25, -0.2) is 9.97 Å². The van der Waals surface area contributed by atoms with E-state index >= 15 is 0 Å². The summed E-state index contributed by atoms with van der Waals surface area (Å²) in [6.45, 7) is 4.20. The van der Waals surface area contributed by atoms with Crippen molar-refractivity contribution in [2.24, 2.45) is 0 Å². The average Bonchev–Trinajstić information content (AvgIpc) is 3.27. The van der Waals surface area contributed by atoms with Crippen molar-refractivity contribution in [2.75, 3.05) is 0 Å². The molecule has 3 heterocycles. The molecule has 0 saturated carbocycles. The minimum Gasteiger partial charge on any atom is -0.449 e. The molecule has 0 spiro atoms. The summed E-state index contributed by atoms with van der Waals surface area (Å²) in [5.41, 5.74) is 3.37. The SMILES string of the molecule is CC(C)c1ccccc1-n1c(SCc2nc3c(oc4ccccc43)c(=O)[nH]2)nc2ccccc2c1=O. The molecule has 3 aromatic carbocycles. The molecule has 0 radical (unpaired) electrons. The Kier molecular flexibility index (Phi) is 5.45. The molecule has 0 fully saturated rings. The molecule has 0 amide bonds. The summed E-state index contributed by atoms with van der Waals surface area (Å²) in [6, 6.07) is 22.7. The highest BCUT2D eigenvalue weighted by atomic mass is 32.2. The number of para-hydroxylation sites is 3. The molecular formula is C28H22N4O3S. The zero-order chi connectivity index (χ0) is 24.8. The molecule has 1 N–H and O–H groups in total. The first-order valence-electron chi connectivity index (χ1n) is 11.7. The van der Waals surface area contributed by atoms with Crippen LogP contribution in [0.15, 0.2) is 92.0 Å². The maximum absolute atomic E-state index is 13.7. The normalized spacial score (nSPS) is 11.8. The van der Waals surface area contributed by atoms with E-state index in [1.165, 1.54) is 11.8 Å². The summed E-state index contributed by atoms with van der Waals surface area (Å²) in [6.07, 6.45) is 0. The second-order valence-corrected chi connectivity index (χ2v) is 9.79. The van der Waals surface area contributed by atoms with Crippen molar-refractivity contribution in [3.63, 3.8) is 0 Å². The highest BCUT2D eigenvalue weighted by Crippen LogP contribution is 2.29. The molecule has 0 bridgehead atoms. The quantitative estimate of drug-likeness (QED) is 0.241. The topological polar surface area (TPSA) is 93.8 Å². The fraction of sp³-hybridized carbons (Fsp3) is 0.143. The maximum atomic E-state index is 13.7. The standard InChI is InChI=1S/C28H22N4O3S/c1-16(2)17-9-4-7-13-21(17)32-27(34)18-10-3-6-12-20(18)29-28(32)36-15-23-30-24-19-11-5-8-14-22(19)35-25(24)26(33)31-23/h3-14,16H,15H2,1-2H3,(H,30,31,33). The fourth-order valence-electron chi connectivity index (χ4n) is 4.45. The van der Waals surface area contributed by atoms with E-state index in [4.69, 9.17) is 9.40 Å². The highest BCUT2D eigenvalue weighted by molar-refractivity contribution is 7.98. The van der Waals surface area contributed by atoms with E-state index in [1.54, 1.807) is 10.6 Å². The number of thioether (sulfide) groups is 1. The van der Waals surface area contributed by atoms with Crippen molar-refractivity contribution in [2.45, 2.75) is 30.7 Å². The van der Waals surface area contributed by atoms with Crippen molar-refractivity contribution < 1.29 is 4.42 Å². The molecule has 6 aromatic rings. The van der Waals surface area contributed by atoms with Gasteiger partial charge in [0.25, 0.3) is 11.1 Å². The third-order valence-electron chi connectivity index (χ3n) is 6.16. The zero-order valence-electron chi connectivity index (χ0n) is 19.7. The van der Waals surface area contributed by atoms with Crippen LogP contribution in [0.2, 0.25) is 0 Å². The number of fused-ring (bicyclic) bond motifs is 4. The summed E-state index contributed by atoms with van der Waals surface area (Å²) in [4.78, 5) is 38.8. The lowest BCUT2D eigenvalue weighted by Gasteiger charge is -2.18. The Labute approximate surface area is 209 Å². The summed E-state index contributed by atoms with van der Waals surface area (Å²) in [5.74, 6) is 1.02. The monoisotopic (exact) mass is 494 g/mol. The van der Waals surface area contributed by atoms with Crippen LogP contribution in [0.3, 0.4) is 0 Å². The Morgan fingerprint density at radius 1 is 0.917 bits per heavy atom. The van der Waals surface area contributed by atoms with Crippen LogP contribution >= 0.6 is 11.8 Å². The number of hydrogen-bond donors (Lipinski definition) is 1. The zero-order valence-corrected chi connectivity index (χ0v) is 20.5. The summed E-state index contributed by atoms with van der Waals surface area (Å²) < 4.78 is 7.38. The van der Waals surface area contributed by atoms with Crippen molar-refractivity contribution in [1.82, 2.24) is 19.5 Å². The van der Waals surface area contributed by atoms with Crippen LogP contribution in [0.1, 0.15) is 31.2 Å². The van der Waals surface area contributed by atoms with Gasteiger partial charge in [-0.05, 0) is 41.8 Å². The molecule has 3 aromatic heterocycles. The molecule has 7 nitrogen and oxygen atoms in total. The first kappa shape index (κ1) is 22.3. The van der Waals surface area contributed by atoms with Gasteiger partial charge in [0.15, 0.2) is 5.16 Å². The van der Waals surface area contributed by atoms with Gasteiger partial charge in [-0.1, -0.05) is 68.1 Å². The van der Waals surface area contributed by atoms with Crippen LogP contribution < -0.4 is 11.1 Å². The first-order valence-corrected chi connectivity index (χ1v) is 12.6. The average molecular weight is 495 g/mol. The molecule has 0 aliphatic rings. The predicted octanol–water partition coefficient (Wildman–Crippen LogP) is 5.78. The second-order valence-electron chi connectivity index (χ2n) is 8.84. The molecule has 0 unspecified atom stereocenters. The van der Waals surface area contributed by atoms with Crippen molar-refractivity contribution in [3.8, 4) is 5.69 Å². The van der Waals surface area contributed by atoms with E-state index in [-0.39, 0.29) is 22.6 Å². The lowest BCUT2D eigenvalue weighted by Crippen LogP contribution is -2.23. The van der Waals surface area contributed by atoms with Gasteiger partial charge in [0.05, 0.1) is 22.3 Å². The van der Waals surface area contributed by atoms with E-state index < -0.39 is 0 Å². The van der Waals surface area contributed by atoms with Crippen molar-refractivity contribution in [3.05, 3.63) is 105 Å². The van der Waals surface area contributed by atoms with Crippen molar-refractivity contribution >= 4 is 44.7 Å². The molecule has 0 saturated heterocycles. The van der Waals surface area contributed by atoms with E-state index in [0.29, 0.717) is 38.7 Å². The van der Waals surface area contributed by atoms with E-state index in [1.807, 2.05) is 66.7 Å². The van der Waals surface area contributed by atoms with Gasteiger partial charge in [-0.2, -0.15) is 0 Å². The Morgan fingerprint density at radius 2 is 1.64 bits per heavy atom. The van der Waals surface area contributed by atoms with Gasteiger partial charge < -0.3 is 9.40 Å². The Balaban J connectivity index is 1.49. The number of nitrogens with one attached hydrogen (secondary N) is 1. The number of hydrogen-bond acceptors (Lipinski definition) is 6. The van der Waals surface area contributed by atoms with Gasteiger partial charge >= 0.3 is 0 Å². The molecular weight excluding hydrogens is 472 g/mol. The minimum absolute atomic E-state index is 0.131. The second kappa shape index (κ2) is 8.80. The van der Waals surface area contributed by atoms with E-state index in [2.05, 4.69) is 23.8 Å². The molecule has 6 rings (SSSR count). The van der Waals surface area contributed by atoms with Crippen LogP contribution in [0.5, 0.6) is 0 Å². The Bertz CT molecular complexity index is 1880. The minimum atomic E-state index is -0.333. The van der Waals surface area contributed by atoms with Crippen LogP contribution in [-0.4, -0.2) is 19.5 Å². The molecule has 178 valence electrons. The van der Waals surface area contributed by atoms with Crippen molar-refractivity contribution in [1.29, 1.82) is 0 Å². The van der Waals surface area contributed by atoms with Crippen LogP contribution in [0.4, 0.5) is 0 Å². The molecule has 8 heteroatoms. The number of nitrogens with zero attached hydrogens (tertiary/aromatic N) is 3. The number of benzene rings is 3. The lowest BCUT2D eigenvalue weighted by atomic mass is 10.0. The Hall–Kier alpha value is -4.17. The number of furan rings is 1. The third-order valence-corrected chi connectivity index (χ3v) is 7.11. The number of rotatable bonds is 5. The summed E-state index contributed by atoms with van der Waals surface area (Å²) in [5, 5.41) is 1.88. The third kappa shape index (κ3) is 3.70. The lowest BCUT2D eigenvalue weighted by molar-refractivity contribution is 0.660. The molecule has 0 aliphatic carbocycles. The highest BCUT2D eigenvalue weighted by Gasteiger charge is 2.18. The molecule has 0 aliphatic heterocycles. The molecule has 36 heavy (non-hydrogen) atoms. The summed E-state index contributed by atoms with van der Waals surface area (Å²) in [7, 11) is 0. The predicted molar refractivity (Wildman–Crippen MR) is 143 cm³/mol.